The monoisotopic (exact) mass is 502 g/mol. The van der Waals surface area contributed by atoms with Gasteiger partial charge in [-0.2, -0.15) is 4.39 Å². The van der Waals surface area contributed by atoms with E-state index in [9.17, 15) is 22.0 Å². The molecule has 192 valence electrons. The predicted octanol–water partition coefficient (Wildman–Crippen LogP) is 9.05. The van der Waals surface area contributed by atoms with Crippen LogP contribution >= 0.6 is 0 Å². The summed E-state index contributed by atoms with van der Waals surface area (Å²) in [6.07, 6.45) is 5.55. The molecule has 0 amide bonds. The number of halogens is 5. The van der Waals surface area contributed by atoms with Crippen molar-refractivity contribution >= 4 is 0 Å². The molecule has 0 N–H and O–H groups in total. The van der Waals surface area contributed by atoms with E-state index >= 15 is 0 Å². The van der Waals surface area contributed by atoms with Gasteiger partial charge in [-0.1, -0.05) is 31.2 Å². The summed E-state index contributed by atoms with van der Waals surface area (Å²) in [6.45, 7) is 3.68. The van der Waals surface area contributed by atoms with Gasteiger partial charge in [-0.25, -0.2) is 17.6 Å². The minimum Gasteiger partial charge on any atom is -0.490 e. The molecule has 1 nitrogen and oxygen atoms in total. The lowest BCUT2D eigenvalue weighted by molar-refractivity contribution is 0.295. The van der Waals surface area contributed by atoms with Crippen LogP contribution in [0.3, 0.4) is 0 Å². The Labute approximate surface area is 209 Å². The fraction of sp³-hybridized carbons (Fsp3) is 0.400. The van der Waals surface area contributed by atoms with Crippen LogP contribution in [0.5, 0.6) is 5.75 Å². The molecule has 3 aromatic rings. The predicted molar refractivity (Wildman–Crippen MR) is 132 cm³/mol. The normalized spacial score (nSPS) is 17.9. The van der Waals surface area contributed by atoms with Crippen LogP contribution in [0.1, 0.15) is 68.1 Å². The maximum atomic E-state index is 14.9. The lowest BCUT2D eigenvalue weighted by atomic mass is 9.76. The Balaban J connectivity index is 1.36. The van der Waals surface area contributed by atoms with E-state index in [4.69, 9.17) is 4.74 Å². The van der Waals surface area contributed by atoms with Crippen LogP contribution in [-0.2, 0) is 6.42 Å². The van der Waals surface area contributed by atoms with Crippen LogP contribution in [0.2, 0.25) is 0 Å². The van der Waals surface area contributed by atoms with Crippen LogP contribution in [0.25, 0.3) is 11.1 Å². The third-order valence-corrected chi connectivity index (χ3v) is 7.27. The van der Waals surface area contributed by atoms with Crippen molar-refractivity contribution in [1.29, 1.82) is 0 Å². The first-order valence-corrected chi connectivity index (χ1v) is 12.6. The molecule has 3 aromatic carbocycles. The van der Waals surface area contributed by atoms with Crippen molar-refractivity contribution in [3.8, 4) is 16.9 Å². The largest absolute Gasteiger partial charge is 0.490 e. The molecular weight excluding hydrogens is 471 g/mol. The van der Waals surface area contributed by atoms with Crippen molar-refractivity contribution in [2.45, 2.75) is 64.7 Å². The summed E-state index contributed by atoms with van der Waals surface area (Å²) >= 11 is 0. The molecule has 0 bridgehead atoms. The summed E-state index contributed by atoms with van der Waals surface area (Å²) < 4.78 is 77.3. The molecule has 0 atom stereocenters. The van der Waals surface area contributed by atoms with E-state index in [1.807, 2.05) is 6.92 Å². The van der Waals surface area contributed by atoms with Gasteiger partial charge in [-0.15, -0.1) is 0 Å². The number of hydrogen-bond donors (Lipinski definition) is 0. The smallest absolute Gasteiger partial charge is 0.201 e. The molecular formula is C30H31F5O. The number of rotatable bonds is 8. The molecule has 0 heterocycles. The number of hydrogen-bond acceptors (Lipinski definition) is 1. The van der Waals surface area contributed by atoms with Crippen LogP contribution < -0.4 is 4.74 Å². The van der Waals surface area contributed by atoms with Gasteiger partial charge in [0, 0.05) is 11.1 Å². The van der Waals surface area contributed by atoms with Crippen LogP contribution in [0, 0.1) is 41.9 Å². The molecule has 1 fully saturated rings. The zero-order valence-electron chi connectivity index (χ0n) is 20.7. The fourth-order valence-electron chi connectivity index (χ4n) is 5.10. The molecule has 1 aliphatic rings. The van der Waals surface area contributed by atoms with E-state index in [1.165, 1.54) is 24.3 Å². The Morgan fingerprint density at radius 1 is 0.778 bits per heavy atom. The van der Waals surface area contributed by atoms with Gasteiger partial charge in [-0.05, 0) is 98.6 Å². The van der Waals surface area contributed by atoms with Gasteiger partial charge in [0.15, 0.2) is 23.2 Å². The molecule has 0 aliphatic heterocycles. The molecule has 4 rings (SSSR count). The highest BCUT2D eigenvalue weighted by atomic mass is 19.2. The summed E-state index contributed by atoms with van der Waals surface area (Å²) in [5.41, 5.74) is 1.43. The van der Waals surface area contributed by atoms with Gasteiger partial charge < -0.3 is 4.74 Å². The van der Waals surface area contributed by atoms with Crippen molar-refractivity contribution in [2.75, 3.05) is 6.61 Å². The molecule has 0 radical (unpaired) electrons. The standard InChI is InChI=1S/C30H31F5O/c1-3-16-36-26-15-14-24(29(34)30(26)35)23-13-9-20(17-25(23)31)6-5-19-7-10-21(11-8-19)22-12-4-18(2)27(32)28(22)33/h4,9,12-15,17,19,21H,3,5-8,10-11,16H2,1-2H3. The molecule has 36 heavy (non-hydrogen) atoms. The summed E-state index contributed by atoms with van der Waals surface area (Å²) in [7, 11) is 0. The average Bonchev–Trinajstić information content (AvgIpc) is 2.88. The van der Waals surface area contributed by atoms with E-state index < -0.39 is 29.1 Å². The molecule has 0 spiro atoms. The molecule has 0 unspecified atom stereocenters. The van der Waals surface area contributed by atoms with Gasteiger partial charge in [0.2, 0.25) is 5.82 Å². The van der Waals surface area contributed by atoms with Gasteiger partial charge >= 0.3 is 0 Å². The zero-order valence-corrected chi connectivity index (χ0v) is 20.7. The SMILES string of the molecule is CCCOc1ccc(-c2ccc(CCC3CCC(c4ccc(C)c(F)c4F)CC3)cc2F)c(F)c1F. The van der Waals surface area contributed by atoms with Gasteiger partial charge in [-0.3, -0.25) is 0 Å². The molecule has 1 saturated carbocycles. The van der Waals surface area contributed by atoms with Gasteiger partial charge in [0.1, 0.15) is 5.82 Å². The van der Waals surface area contributed by atoms with Crippen molar-refractivity contribution < 1.29 is 26.7 Å². The van der Waals surface area contributed by atoms with Crippen LogP contribution in [0.15, 0.2) is 42.5 Å². The third kappa shape index (κ3) is 5.58. The van der Waals surface area contributed by atoms with Crippen LogP contribution in [0.4, 0.5) is 22.0 Å². The summed E-state index contributed by atoms with van der Waals surface area (Å²) in [5, 5.41) is 0. The quantitative estimate of drug-likeness (QED) is 0.279. The third-order valence-electron chi connectivity index (χ3n) is 7.27. The number of benzene rings is 3. The first-order chi connectivity index (χ1) is 17.3. The highest BCUT2D eigenvalue weighted by molar-refractivity contribution is 5.66. The maximum absolute atomic E-state index is 14.9. The lowest BCUT2D eigenvalue weighted by Gasteiger charge is -2.29. The second-order valence-corrected chi connectivity index (χ2v) is 9.76. The second kappa shape index (κ2) is 11.4. The average molecular weight is 503 g/mol. The maximum Gasteiger partial charge on any atom is 0.201 e. The second-order valence-electron chi connectivity index (χ2n) is 9.76. The highest BCUT2D eigenvalue weighted by Gasteiger charge is 2.26. The minimum absolute atomic E-state index is 0.00468. The first kappa shape index (κ1) is 26.2. The van der Waals surface area contributed by atoms with E-state index in [1.54, 1.807) is 25.1 Å². The minimum atomic E-state index is -1.13. The van der Waals surface area contributed by atoms with Crippen molar-refractivity contribution in [1.82, 2.24) is 0 Å². The lowest BCUT2D eigenvalue weighted by Crippen LogP contribution is -2.15. The Bertz CT molecular complexity index is 1210. The van der Waals surface area contributed by atoms with Crippen molar-refractivity contribution in [2.24, 2.45) is 5.92 Å². The summed E-state index contributed by atoms with van der Waals surface area (Å²) in [6, 6.07) is 10.6. The Morgan fingerprint density at radius 2 is 1.50 bits per heavy atom. The first-order valence-electron chi connectivity index (χ1n) is 12.6. The molecule has 1 aliphatic carbocycles. The molecule has 0 saturated heterocycles. The Morgan fingerprint density at radius 3 is 2.19 bits per heavy atom. The Hall–Kier alpha value is -2.89. The van der Waals surface area contributed by atoms with Crippen LogP contribution in [-0.4, -0.2) is 6.61 Å². The number of aryl methyl sites for hydroxylation is 2. The fourth-order valence-corrected chi connectivity index (χ4v) is 5.10. The highest BCUT2D eigenvalue weighted by Crippen LogP contribution is 2.39. The van der Waals surface area contributed by atoms with Crippen molar-refractivity contribution in [3.05, 3.63) is 88.2 Å². The van der Waals surface area contributed by atoms with Gasteiger partial charge in [0.25, 0.3) is 0 Å². The zero-order chi connectivity index (χ0) is 25.8. The molecule has 0 aromatic heterocycles. The van der Waals surface area contributed by atoms with Crippen molar-refractivity contribution in [3.63, 3.8) is 0 Å². The Kier molecular flexibility index (Phi) is 8.32. The van der Waals surface area contributed by atoms with E-state index in [-0.39, 0.29) is 29.4 Å². The number of ether oxygens (including phenoxy) is 1. The van der Waals surface area contributed by atoms with Gasteiger partial charge in [0.05, 0.1) is 6.61 Å². The van der Waals surface area contributed by atoms with E-state index in [0.717, 1.165) is 37.7 Å². The van der Waals surface area contributed by atoms with E-state index in [2.05, 4.69) is 0 Å². The summed E-state index contributed by atoms with van der Waals surface area (Å²) in [4.78, 5) is 0. The summed E-state index contributed by atoms with van der Waals surface area (Å²) in [5.74, 6) is -4.08. The molecule has 6 heteroatoms. The topological polar surface area (TPSA) is 9.23 Å². The van der Waals surface area contributed by atoms with E-state index in [0.29, 0.717) is 29.9 Å².